The van der Waals surface area contributed by atoms with Crippen molar-refractivity contribution in [2.24, 2.45) is 0 Å². The summed E-state index contributed by atoms with van der Waals surface area (Å²) in [5.41, 5.74) is 1.63. The lowest BCUT2D eigenvalue weighted by Gasteiger charge is -2.17. The van der Waals surface area contributed by atoms with Gasteiger partial charge in [-0.05, 0) is 42.3 Å². The highest BCUT2D eigenvalue weighted by Gasteiger charge is 2.22. The van der Waals surface area contributed by atoms with Gasteiger partial charge in [-0.15, -0.1) is 0 Å². The lowest BCUT2D eigenvalue weighted by Crippen LogP contribution is -2.13. The molecule has 160 valence electrons. The Hall–Kier alpha value is -3.80. The van der Waals surface area contributed by atoms with Gasteiger partial charge in [0, 0.05) is 17.4 Å². The molecule has 0 unspecified atom stereocenters. The number of pyridine rings is 1. The molecule has 0 fully saturated rings. The molecule has 0 bridgehead atoms. The number of nitrogens with zero attached hydrogens (tertiary/aromatic N) is 2. The summed E-state index contributed by atoms with van der Waals surface area (Å²) >= 11 is 0. The Bertz CT molecular complexity index is 1160. The number of methoxy groups -OCH3 is 1. The maximum atomic E-state index is 14.5. The highest BCUT2D eigenvalue weighted by atomic mass is 19.3. The maximum absolute atomic E-state index is 14.5. The van der Waals surface area contributed by atoms with Crippen molar-refractivity contribution in [3.63, 3.8) is 0 Å². The van der Waals surface area contributed by atoms with Crippen molar-refractivity contribution in [3.8, 4) is 17.7 Å². The highest BCUT2D eigenvalue weighted by Crippen LogP contribution is 2.36. The number of aryl methyl sites for hydroxylation is 1. The third-order valence-corrected chi connectivity index (χ3v) is 4.63. The van der Waals surface area contributed by atoms with Crippen molar-refractivity contribution < 1.29 is 32.2 Å². The molecule has 31 heavy (non-hydrogen) atoms. The number of nitriles is 1. The number of carbonyl (C=O) groups excluding carboxylic acids is 1. The van der Waals surface area contributed by atoms with E-state index in [-0.39, 0.29) is 23.1 Å². The zero-order valence-corrected chi connectivity index (χ0v) is 16.6. The first-order chi connectivity index (χ1) is 14.8. The van der Waals surface area contributed by atoms with Crippen LogP contribution in [0.3, 0.4) is 0 Å². The summed E-state index contributed by atoms with van der Waals surface area (Å²) < 4.78 is 55.1. The molecule has 3 aromatic rings. The topological polar surface area (TPSA) is 81.4 Å². The molecule has 6 nitrogen and oxygen atoms in total. The number of fused-ring (bicyclic) bond motifs is 1. The van der Waals surface area contributed by atoms with Crippen molar-refractivity contribution in [3.05, 3.63) is 64.5 Å². The first-order valence-corrected chi connectivity index (χ1v) is 9.09. The second kappa shape index (κ2) is 9.34. The summed E-state index contributed by atoms with van der Waals surface area (Å²) in [5, 5.41) is 9.17. The molecule has 0 aliphatic rings. The van der Waals surface area contributed by atoms with Gasteiger partial charge in [0.2, 0.25) is 5.88 Å². The Balaban J connectivity index is 2.16. The third kappa shape index (κ3) is 4.86. The van der Waals surface area contributed by atoms with Crippen LogP contribution in [0.25, 0.3) is 10.9 Å². The molecule has 9 heteroatoms. The van der Waals surface area contributed by atoms with E-state index in [1.165, 1.54) is 13.2 Å². The summed E-state index contributed by atoms with van der Waals surface area (Å²) in [6.07, 6.45) is 0.134. The van der Waals surface area contributed by atoms with E-state index in [9.17, 15) is 18.0 Å². The smallest absolute Gasteiger partial charge is 0.388 e. The van der Waals surface area contributed by atoms with Gasteiger partial charge in [-0.1, -0.05) is 12.1 Å². The number of rotatable bonds is 7. The number of carbonyl (C=O) groups is 1. The number of benzene rings is 2. The summed E-state index contributed by atoms with van der Waals surface area (Å²) in [4.78, 5) is 15.4. The van der Waals surface area contributed by atoms with Crippen molar-refractivity contribution >= 4 is 16.9 Å². The van der Waals surface area contributed by atoms with Crippen molar-refractivity contribution in [1.82, 2.24) is 4.98 Å². The second-order valence-electron chi connectivity index (χ2n) is 6.52. The van der Waals surface area contributed by atoms with Crippen LogP contribution in [0.1, 0.15) is 22.3 Å². The molecular formula is C22H17F3N2O4. The number of hydrogen-bond donors (Lipinski definition) is 0. The molecular weight excluding hydrogens is 413 g/mol. The molecule has 0 saturated carbocycles. The van der Waals surface area contributed by atoms with Gasteiger partial charge in [0.15, 0.2) is 6.61 Å². The van der Waals surface area contributed by atoms with E-state index < -0.39 is 30.9 Å². The van der Waals surface area contributed by atoms with E-state index in [0.29, 0.717) is 22.3 Å². The van der Waals surface area contributed by atoms with Crippen LogP contribution in [0.5, 0.6) is 11.6 Å². The van der Waals surface area contributed by atoms with Gasteiger partial charge in [0.1, 0.15) is 17.1 Å². The fourth-order valence-corrected chi connectivity index (χ4v) is 3.11. The van der Waals surface area contributed by atoms with Gasteiger partial charge < -0.3 is 14.2 Å². The van der Waals surface area contributed by atoms with E-state index >= 15 is 0 Å². The summed E-state index contributed by atoms with van der Waals surface area (Å²) in [6, 6.07) is 10.9. The predicted molar refractivity (Wildman–Crippen MR) is 105 cm³/mol. The fraction of sp³-hybridized carbons (Fsp3) is 0.227. The molecule has 0 saturated heterocycles. The molecule has 3 rings (SSSR count). The van der Waals surface area contributed by atoms with Crippen LogP contribution in [0.15, 0.2) is 36.4 Å². The monoisotopic (exact) mass is 430 g/mol. The lowest BCUT2D eigenvalue weighted by atomic mass is 9.97. The Labute approximate surface area is 175 Å². The van der Waals surface area contributed by atoms with Gasteiger partial charge in [-0.3, -0.25) is 0 Å². The summed E-state index contributed by atoms with van der Waals surface area (Å²) in [5.74, 6) is -1.66. The van der Waals surface area contributed by atoms with Gasteiger partial charge in [-0.25, -0.2) is 14.2 Å². The third-order valence-electron chi connectivity index (χ3n) is 4.63. The van der Waals surface area contributed by atoms with Crippen molar-refractivity contribution in [1.29, 1.82) is 5.26 Å². The van der Waals surface area contributed by atoms with E-state index in [2.05, 4.69) is 14.5 Å². The summed E-state index contributed by atoms with van der Waals surface area (Å²) in [6.45, 7) is -1.98. The fourth-order valence-electron chi connectivity index (χ4n) is 3.11. The quantitative estimate of drug-likeness (QED) is 0.520. The number of ether oxygens (including phenoxy) is 3. The number of aromatic nitrogens is 1. The molecule has 2 aromatic carbocycles. The van der Waals surface area contributed by atoms with Gasteiger partial charge >= 0.3 is 12.6 Å². The largest absolute Gasteiger partial charge is 0.481 e. The Morgan fingerprint density at radius 2 is 1.90 bits per heavy atom. The minimum atomic E-state index is -3.16. The average molecular weight is 430 g/mol. The molecule has 0 atom stereocenters. The Morgan fingerprint density at radius 1 is 1.19 bits per heavy atom. The second-order valence-corrected chi connectivity index (χ2v) is 6.52. The van der Waals surface area contributed by atoms with Crippen LogP contribution in [0, 0.1) is 24.1 Å². The summed E-state index contributed by atoms with van der Waals surface area (Å²) in [7, 11) is 1.20. The number of halogens is 3. The van der Waals surface area contributed by atoms with Gasteiger partial charge in [0.25, 0.3) is 0 Å². The number of esters is 1. The first kappa shape index (κ1) is 21.9. The minimum Gasteiger partial charge on any atom is -0.481 e. The van der Waals surface area contributed by atoms with E-state index in [1.807, 2.05) is 6.07 Å². The molecule has 0 aliphatic carbocycles. The van der Waals surface area contributed by atoms with E-state index in [1.54, 1.807) is 31.2 Å². The first-order valence-electron chi connectivity index (χ1n) is 9.09. The van der Waals surface area contributed by atoms with Crippen LogP contribution in [-0.4, -0.2) is 31.3 Å². The Morgan fingerprint density at radius 3 is 2.52 bits per heavy atom. The zero-order valence-electron chi connectivity index (χ0n) is 16.6. The number of alkyl halides is 2. The lowest BCUT2D eigenvalue weighted by molar-refractivity contribution is -0.142. The number of hydrogen-bond acceptors (Lipinski definition) is 6. The predicted octanol–water partition coefficient (Wildman–Crippen LogP) is 4.30. The molecule has 0 amide bonds. The van der Waals surface area contributed by atoms with E-state index in [4.69, 9.17) is 10.00 Å². The average Bonchev–Trinajstić information content (AvgIpc) is 2.76. The van der Waals surface area contributed by atoms with Crippen LogP contribution in [0.2, 0.25) is 0 Å². The van der Waals surface area contributed by atoms with Crippen LogP contribution in [0.4, 0.5) is 13.2 Å². The van der Waals surface area contributed by atoms with Crippen molar-refractivity contribution in [2.45, 2.75) is 20.0 Å². The van der Waals surface area contributed by atoms with Crippen LogP contribution >= 0.6 is 0 Å². The minimum absolute atomic E-state index is 0.134. The SMILES string of the molecule is COC(=O)COc1ccc(F)c2nc(OC(F)F)c(Cc3ccc(C#N)cc3)c(C)c12. The standard InChI is InChI=1S/C22H17F3N2O4/c1-12-15(9-13-3-5-14(10-26)6-4-13)21(31-22(24)25)27-20-16(23)7-8-17(19(12)20)30-11-18(28)29-2/h3-8,22H,9,11H2,1-2H3. The van der Waals surface area contributed by atoms with Gasteiger partial charge in [-0.2, -0.15) is 14.0 Å². The molecule has 1 aromatic heterocycles. The van der Waals surface area contributed by atoms with Crippen LogP contribution in [-0.2, 0) is 16.0 Å². The molecule has 0 radical (unpaired) electrons. The Kier molecular flexibility index (Phi) is 6.60. The molecule has 1 heterocycles. The van der Waals surface area contributed by atoms with Crippen molar-refractivity contribution in [2.75, 3.05) is 13.7 Å². The molecule has 0 spiro atoms. The van der Waals surface area contributed by atoms with Gasteiger partial charge in [0.05, 0.1) is 18.7 Å². The molecule has 0 aliphatic heterocycles. The van der Waals surface area contributed by atoms with E-state index in [0.717, 1.165) is 6.07 Å². The normalized spacial score (nSPS) is 10.7. The maximum Gasteiger partial charge on any atom is 0.388 e. The van der Waals surface area contributed by atoms with Crippen LogP contribution < -0.4 is 9.47 Å². The highest BCUT2D eigenvalue weighted by molar-refractivity contribution is 5.91. The molecule has 0 N–H and O–H groups in total. The zero-order chi connectivity index (χ0) is 22.5.